The van der Waals surface area contributed by atoms with Crippen LogP contribution in [-0.4, -0.2) is 37.1 Å². The van der Waals surface area contributed by atoms with Crippen LogP contribution in [-0.2, 0) is 9.53 Å². The number of rotatable bonds is 9. The number of carbonyl (C=O) groups excluding carboxylic acids is 1. The number of ether oxygens (including phenoxy) is 1. The molecule has 0 spiro atoms. The molecule has 0 unspecified atom stereocenters. The van der Waals surface area contributed by atoms with E-state index in [9.17, 15) is 4.79 Å². The number of hydrogen-bond donors (Lipinski definition) is 0. The van der Waals surface area contributed by atoms with Crippen LogP contribution in [0.4, 0.5) is 0 Å². The highest BCUT2D eigenvalue weighted by Crippen LogP contribution is 2.29. The molecule has 0 N–H and O–H groups in total. The van der Waals surface area contributed by atoms with Crippen LogP contribution in [0.2, 0.25) is 0 Å². The molecule has 0 aromatic carbocycles. The van der Waals surface area contributed by atoms with Crippen molar-refractivity contribution in [2.45, 2.75) is 46.0 Å². The average Bonchev–Trinajstić information content (AvgIpc) is 3.02. The lowest BCUT2D eigenvalue weighted by Crippen LogP contribution is -2.28. The van der Waals surface area contributed by atoms with E-state index in [0.717, 1.165) is 18.9 Å². The van der Waals surface area contributed by atoms with Crippen LogP contribution in [0.1, 0.15) is 46.0 Å². The average molecular weight is 227 g/mol. The van der Waals surface area contributed by atoms with Gasteiger partial charge < -0.3 is 9.64 Å². The Morgan fingerprint density at radius 2 is 2.06 bits per heavy atom. The normalized spacial score (nSPS) is 15.4. The Morgan fingerprint density at radius 3 is 2.62 bits per heavy atom. The van der Waals surface area contributed by atoms with Crippen LogP contribution in [0.5, 0.6) is 0 Å². The molecule has 1 saturated carbocycles. The minimum Gasteiger partial charge on any atom is -0.466 e. The van der Waals surface area contributed by atoms with Crippen molar-refractivity contribution in [3.8, 4) is 0 Å². The maximum Gasteiger partial charge on any atom is 0.305 e. The fourth-order valence-electron chi connectivity index (χ4n) is 1.96. The third-order valence-corrected chi connectivity index (χ3v) is 2.91. The predicted molar refractivity (Wildman–Crippen MR) is 65.3 cm³/mol. The standard InChI is InChI=1S/C13H25NO2/c1-3-9-14(11-12-7-8-12)10-5-6-13(15)16-4-2/h12H,3-11H2,1-2H3. The van der Waals surface area contributed by atoms with Crippen molar-refractivity contribution in [2.75, 3.05) is 26.2 Å². The van der Waals surface area contributed by atoms with Gasteiger partial charge in [0.1, 0.15) is 0 Å². The Bertz CT molecular complexity index is 202. The molecular weight excluding hydrogens is 202 g/mol. The van der Waals surface area contributed by atoms with E-state index in [2.05, 4.69) is 11.8 Å². The Balaban J connectivity index is 2.08. The van der Waals surface area contributed by atoms with E-state index < -0.39 is 0 Å². The van der Waals surface area contributed by atoms with Gasteiger partial charge in [-0.05, 0) is 51.6 Å². The summed E-state index contributed by atoms with van der Waals surface area (Å²) in [4.78, 5) is 13.7. The fourth-order valence-corrected chi connectivity index (χ4v) is 1.96. The number of esters is 1. The van der Waals surface area contributed by atoms with E-state index in [1.807, 2.05) is 6.92 Å². The number of hydrogen-bond acceptors (Lipinski definition) is 3. The third-order valence-electron chi connectivity index (χ3n) is 2.91. The second-order valence-electron chi connectivity index (χ2n) is 4.65. The van der Waals surface area contributed by atoms with Crippen LogP contribution >= 0.6 is 0 Å². The van der Waals surface area contributed by atoms with Gasteiger partial charge in [0.05, 0.1) is 6.61 Å². The molecule has 1 aliphatic carbocycles. The van der Waals surface area contributed by atoms with Crippen molar-refractivity contribution in [2.24, 2.45) is 5.92 Å². The van der Waals surface area contributed by atoms with Gasteiger partial charge in [0, 0.05) is 13.0 Å². The van der Waals surface area contributed by atoms with Gasteiger partial charge in [-0.15, -0.1) is 0 Å². The van der Waals surface area contributed by atoms with Crippen LogP contribution in [0.25, 0.3) is 0 Å². The van der Waals surface area contributed by atoms with Crippen molar-refractivity contribution >= 4 is 5.97 Å². The van der Waals surface area contributed by atoms with E-state index in [-0.39, 0.29) is 5.97 Å². The first-order chi connectivity index (χ1) is 7.76. The molecule has 0 heterocycles. The molecule has 0 aromatic heterocycles. The van der Waals surface area contributed by atoms with E-state index in [1.165, 1.54) is 32.4 Å². The van der Waals surface area contributed by atoms with Gasteiger partial charge in [0.25, 0.3) is 0 Å². The molecule has 0 saturated heterocycles. The molecule has 3 nitrogen and oxygen atoms in total. The Labute approximate surface area is 99.1 Å². The van der Waals surface area contributed by atoms with Gasteiger partial charge in [-0.25, -0.2) is 0 Å². The first kappa shape index (κ1) is 13.5. The quantitative estimate of drug-likeness (QED) is 0.567. The zero-order chi connectivity index (χ0) is 11.8. The molecule has 0 amide bonds. The minimum atomic E-state index is -0.0506. The van der Waals surface area contributed by atoms with Crippen molar-refractivity contribution in [3.63, 3.8) is 0 Å². The molecular formula is C13H25NO2. The van der Waals surface area contributed by atoms with Gasteiger partial charge in [-0.2, -0.15) is 0 Å². The molecule has 1 fully saturated rings. The highest BCUT2D eigenvalue weighted by Gasteiger charge is 2.23. The summed E-state index contributed by atoms with van der Waals surface area (Å²) in [6.07, 6.45) is 5.51. The fraction of sp³-hybridized carbons (Fsp3) is 0.923. The molecule has 1 rings (SSSR count). The lowest BCUT2D eigenvalue weighted by atomic mass is 10.2. The molecule has 94 valence electrons. The van der Waals surface area contributed by atoms with Crippen molar-refractivity contribution in [3.05, 3.63) is 0 Å². The second-order valence-corrected chi connectivity index (χ2v) is 4.65. The predicted octanol–water partition coefficient (Wildman–Crippen LogP) is 2.45. The summed E-state index contributed by atoms with van der Waals surface area (Å²) in [5, 5.41) is 0. The Kier molecular flexibility index (Phi) is 6.46. The lowest BCUT2D eigenvalue weighted by molar-refractivity contribution is -0.143. The van der Waals surface area contributed by atoms with Gasteiger partial charge in [-0.3, -0.25) is 4.79 Å². The lowest BCUT2D eigenvalue weighted by Gasteiger charge is -2.21. The Morgan fingerprint density at radius 1 is 1.31 bits per heavy atom. The molecule has 0 bridgehead atoms. The summed E-state index contributed by atoms with van der Waals surface area (Å²) in [5.41, 5.74) is 0. The molecule has 16 heavy (non-hydrogen) atoms. The van der Waals surface area contributed by atoms with E-state index in [4.69, 9.17) is 4.74 Å². The summed E-state index contributed by atoms with van der Waals surface area (Å²) in [7, 11) is 0. The van der Waals surface area contributed by atoms with Crippen molar-refractivity contribution in [1.82, 2.24) is 4.90 Å². The summed E-state index contributed by atoms with van der Waals surface area (Å²) >= 11 is 0. The zero-order valence-electron chi connectivity index (χ0n) is 10.7. The second kappa shape index (κ2) is 7.66. The summed E-state index contributed by atoms with van der Waals surface area (Å²) in [6, 6.07) is 0. The van der Waals surface area contributed by atoms with E-state index >= 15 is 0 Å². The molecule has 1 aliphatic rings. The van der Waals surface area contributed by atoms with E-state index in [1.54, 1.807) is 0 Å². The first-order valence-electron chi connectivity index (χ1n) is 6.64. The van der Waals surface area contributed by atoms with Crippen molar-refractivity contribution in [1.29, 1.82) is 0 Å². The van der Waals surface area contributed by atoms with Gasteiger partial charge >= 0.3 is 5.97 Å². The monoisotopic (exact) mass is 227 g/mol. The maximum absolute atomic E-state index is 11.2. The summed E-state index contributed by atoms with van der Waals surface area (Å²) in [5.74, 6) is 0.888. The zero-order valence-corrected chi connectivity index (χ0v) is 10.7. The van der Waals surface area contributed by atoms with Crippen LogP contribution in [0, 0.1) is 5.92 Å². The number of nitrogens with zero attached hydrogens (tertiary/aromatic N) is 1. The highest BCUT2D eigenvalue weighted by atomic mass is 16.5. The van der Waals surface area contributed by atoms with Crippen LogP contribution in [0.3, 0.4) is 0 Å². The van der Waals surface area contributed by atoms with Crippen molar-refractivity contribution < 1.29 is 9.53 Å². The topological polar surface area (TPSA) is 29.5 Å². The molecule has 0 atom stereocenters. The third kappa shape index (κ3) is 6.11. The van der Waals surface area contributed by atoms with Gasteiger partial charge in [-0.1, -0.05) is 6.92 Å². The molecule has 0 radical (unpaired) electrons. The van der Waals surface area contributed by atoms with E-state index in [0.29, 0.717) is 13.0 Å². The molecule has 0 aliphatic heterocycles. The molecule has 0 aromatic rings. The molecule has 3 heteroatoms. The minimum absolute atomic E-state index is 0.0506. The van der Waals surface area contributed by atoms with Crippen LogP contribution in [0.15, 0.2) is 0 Å². The van der Waals surface area contributed by atoms with Crippen LogP contribution < -0.4 is 0 Å². The SMILES string of the molecule is CCCN(CCCC(=O)OCC)CC1CC1. The smallest absolute Gasteiger partial charge is 0.305 e. The first-order valence-corrected chi connectivity index (χ1v) is 6.64. The summed E-state index contributed by atoms with van der Waals surface area (Å²) < 4.78 is 4.92. The van der Waals surface area contributed by atoms with Gasteiger partial charge in [0.2, 0.25) is 0 Å². The number of carbonyl (C=O) groups is 1. The highest BCUT2D eigenvalue weighted by molar-refractivity contribution is 5.69. The summed E-state index contributed by atoms with van der Waals surface area (Å²) in [6.45, 7) is 8.01. The Hall–Kier alpha value is -0.570. The maximum atomic E-state index is 11.2. The van der Waals surface area contributed by atoms with Gasteiger partial charge in [0.15, 0.2) is 0 Å². The largest absolute Gasteiger partial charge is 0.466 e.